The number of hydrogen-bond donors (Lipinski definition) is 2. The predicted molar refractivity (Wildman–Crippen MR) is 85.3 cm³/mol. The van der Waals surface area contributed by atoms with Gasteiger partial charge in [-0.25, -0.2) is 0 Å². The maximum atomic E-state index is 11.9. The van der Waals surface area contributed by atoms with E-state index in [1.54, 1.807) is 11.3 Å². The third-order valence-electron chi connectivity index (χ3n) is 2.94. The molecule has 4 heteroatoms. The second-order valence-electron chi connectivity index (χ2n) is 4.90. The number of amides is 1. The van der Waals surface area contributed by atoms with Crippen molar-refractivity contribution < 1.29 is 4.79 Å². The van der Waals surface area contributed by atoms with Gasteiger partial charge in [-0.15, -0.1) is 11.3 Å². The van der Waals surface area contributed by atoms with Crippen LogP contribution in [0.4, 0.5) is 5.69 Å². The van der Waals surface area contributed by atoms with Gasteiger partial charge in [-0.3, -0.25) is 4.79 Å². The van der Waals surface area contributed by atoms with Crippen molar-refractivity contribution in [3.8, 4) is 0 Å². The minimum absolute atomic E-state index is 0.0228. The lowest BCUT2D eigenvalue weighted by Gasteiger charge is -2.13. The molecule has 3 nitrogen and oxygen atoms in total. The maximum Gasteiger partial charge on any atom is 0.239 e. The first-order valence-electron chi connectivity index (χ1n) is 6.77. The van der Waals surface area contributed by atoms with Crippen molar-refractivity contribution in [1.29, 1.82) is 0 Å². The van der Waals surface area contributed by atoms with Crippen molar-refractivity contribution in [3.63, 3.8) is 0 Å². The van der Waals surface area contributed by atoms with Crippen molar-refractivity contribution in [1.82, 2.24) is 5.32 Å². The van der Waals surface area contributed by atoms with Gasteiger partial charge in [0.2, 0.25) is 5.91 Å². The van der Waals surface area contributed by atoms with Gasteiger partial charge >= 0.3 is 0 Å². The Morgan fingerprint density at radius 2 is 1.95 bits per heavy atom. The van der Waals surface area contributed by atoms with Crippen LogP contribution in [0.15, 0.2) is 42.5 Å². The summed E-state index contributed by atoms with van der Waals surface area (Å²) in [5, 5.41) is 6.12. The van der Waals surface area contributed by atoms with Crippen LogP contribution < -0.4 is 10.6 Å². The monoisotopic (exact) mass is 288 g/mol. The fourth-order valence-electron chi connectivity index (χ4n) is 2.01. The Balaban J connectivity index is 1.73. The van der Waals surface area contributed by atoms with E-state index in [0.29, 0.717) is 6.54 Å². The zero-order chi connectivity index (χ0) is 14.4. The molecule has 2 aromatic rings. The molecule has 0 radical (unpaired) electrons. The minimum atomic E-state index is 0.0228. The van der Waals surface area contributed by atoms with E-state index in [1.165, 1.54) is 9.75 Å². The Morgan fingerprint density at radius 1 is 1.20 bits per heavy atom. The summed E-state index contributed by atoms with van der Waals surface area (Å²) in [6.45, 7) is 4.44. The van der Waals surface area contributed by atoms with Crippen molar-refractivity contribution in [2.75, 3.05) is 11.9 Å². The van der Waals surface area contributed by atoms with E-state index in [1.807, 2.05) is 37.3 Å². The molecule has 2 rings (SSSR count). The van der Waals surface area contributed by atoms with E-state index in [4.69, 9.17) is 0 Å². The maximum absolute atomic E-state index is 11.9. The molecule has 1 aromatic heterocycles. The van der Waals surface area contributed by atoms with E-state index < -0.39 is 0 Å². The van der Waals surface area contributed by atoms with Gasteiger partial charge in [0.15, 0.2) is 0 Å². The van der Waals surface area contributed by atoms with Crippen molar-refractivity contribution in [3.05, 3.63) is 52.2 Å². The van der Waals surface area contributed by atoms with Crippen LogP contribution in [-0.2, 0) is 11.2 Å². The second kappa shape index (κ2) is 7.10. The molecule has 1 unspecified atom stereocenters. The topological polar surface area (TPSA) is 41.1 Å². The Kier molecular flexibility index (Phi) is 5.18. The predicted octanol–water partition coefficient (Wildman–Crippen LogP) is 3.22. The fraction of sp³-hybridized carbons (Fsp3) is 0.312. The fourth-order valence-corrected chi connectivity index (χ4v) is 3.03. The zero-order valence-electron chi connectivity index (χ0n) is 11.8. The lowest BCUT2D eigenvalue weighted by molar-refractivity contribution is -0.119. The summed E-state index contributed by atoms with van der Waals surface area (Å²) >= 11 is 1.79. The number of para-hydroxylation sites is 1. The summed E-state index contributed by atoms with van der Waals surface area (Å²) in [5.74, 6) is 0.0228. The first kappa shape index (κ1) is 14.6. The molecule has 0 aliphatic carbocycles. The van der Waals surface area contributed by atoms with Gasteiger partial charge in [-0.05, 0) is 38.1 Å². The van der Waals surface area contributed by atoms with Crippen LogP contribution in [0.25, 0.3) is 0 Å². The molecule has 1 amide bonds. The van der Waals surface area contributed by atoms with Crippen LogP contribution in [-0.4, -0.2) is 18.5 Å². The average Bonchev–Trinajstić information content (AvgIpc) is 2.83. The molecular formula is C16H20N2OS. The number of benzene rings is 1. The van der Waals surface area contributed by atoms with E-state index >= 15 is 0 Å². The summed E-state index contributed by atoms with van der Waals surface area (Å²) < 4.78 is 0. The SMILES string of the molecule is Cc1ccc(CC(C)NC(=O)CNc2ccccc2)s1. The van der Waals surface area contributed by atoms with E-state index in [0.717, 1.165) is 12.1 Å². The van der Waals surface area contributed by atoms with Crippen LogP contribution in [0, 0.1) is 6.92 Å². The number of aryl methyl sites for hydroxylation is 1. The standard InChI is InChI=1S/C16H20N2OS/c1-12(10-15-9-8-13(2)20-15)18-16(19)11-17-14-6-4-3-5-7-14/h3-9,12,17H,10-11H2,1-2H3,(H,18,19). The lowest BCUT2D eigenvalue weighted by Crippen LogP contribution is -2.37. The average molecular weight is 288 g/mol. The number of carbonyl (C=O) groups excluding carboxylic acids is 1. The summed E-state index contributed by atoms with van der Waals surface area (Å²) in [6, 6.07) is 14.1. The van der Waals surface area contributed by atoms with Gasteiger partial charge in [-0.2, -0.15) is 0 Å². The van der Waals surface area contributed by atoms with Gasteiger partial charge in [-0.1, -0.05) is 18.2 Å². The Hall–Kier alpha value is -1.81. The quantitative estimate of drug-likeness (QED) is 0.857. The molecule has 106 valence electrons. The van der Waals surface area contributed by atoms with Gasteiger partial charge in [0, 0.05) is 27.9 Å². The molecule has 0 bridgehead atoms. The molecule has 1 atom stereocenters. The van der Waals surface area contributed by atoms with E-state index in [9.17, 15) is 4.79 Å². The number of hydrogen-bond acceptors (Lipinski definition) is 3. The van der Waals surface area contributed by atoms with Crippen LogP contribution in [0.3, 0.4) is 0 Å². The summed E-state index contributed by atoms with van der Waals surface area (Å²) in [5.41, 5.74) is 0.962. The van der Waals surface area contributed by atoms with Gasteiger partial charge in [0.1, 0.15) is 0 Å². The summed E-state index contributed by atoms with van der Waals surface area (Å²) in [7, 11) is 0. The largest absolute Gasteiger partial charge is 0.376 e. The number of thiophene rings is 1. The molecule has 1 aromatic carbocycles. The molecule has 1 heterocycles. The first-order valence-corrected chi connectivity index (χ1v) is 7.59. The van der Waals surface area contributed by atoms with Crippen LogP contribution in [0.5, 0.6) is 0 Å². The van der Waals surface area contributed by atoms with Gasteiger partial charge in [0.05, 0.1) is 6.54 Å². The summed E-state index contributed by atoms with van der Waals surface area (Å²) in [4.78, 5) is 14.5. The van der Waals surface area contributed by atoms with Crippen molar-refractivity contribution >= 4 is 22.9 Å². The van der Waals surface area contributed by atoms with E-state index in [-0.39, 0.29) is 11.9 Å². The normalized spacial score (nSPS) is 11.9. The highest BCUT2D eigenvalue weighted by Gasteiger charge is 2.09. The minimum Gasteiger partial charge on any atom is -0.376 e. The number of nitrogens with one attached hydrogen (secondary N) is 2. The van der Waals surface area contributed by atoms with Crippen LogP contribution in [0.2, 0.25) is 0 Å². The third kappa shape index (κ3) is 4.70. The number of carbonyl (C=O) groups is 1. The molecule has 0 aliphatic rings. The highest BCUT2D eigenvalue weighted by atomic mass is 32.1. The van der Waals surface area contributed by atoms with Crippen LogP contribution >= 0.6 is 11.3 Å². The van der Waals surface area contributed by atoms with Gasteiger partial charge < -0.3 is 10.6 Å². The first-order chi connectivity index (χ1) is 9.63. The second-order valence-corrected chi connectivity index (χ2v) is 6.28. The molecule has 0 saturated carbocycles. The molecule has 0 saturated heterocycles. The molecule has 2 N–H and O–H groups in total. The molecule has 20 heavy (non-hydrogen) atoms. The van der Waals surface area contributed by atoms with Crippen molar-refractivity contribution in [2.24, 2.45) is 0 Å². The Bertz CT molecular complexity index is 551. The third-order valence-corrected chi connectivity index (χ3v) is 3.96. The Labute approximate surface area is 124 Å². The zero-order valence-corrected chi connectivity index (χ0v) is 12.7. The molecule has 0 aliphatic heterocycles. The smallest absolute Gasteiger partial charge is 0.239 e. The van der Waals surface area contributed by atoms with Crippen molar-refractivity contribution in [2.45, 2.75) is 26.3 Å². The highest BCUT2D eigenvalue weighted by Crippen LogP contribution is 2.16. The number of anilines is 1. The molecule has 0 fully saturated rings. The Morgan fingerprint density at radius 3 is 2.60 bits per heavy atom. The lowest BCUT2D eigenvalue weighted by atomic mass is 10.2. The molecular weight excluding hydrogens is 268 g/mol. The molecule has 0 spiro atoms. The number of rotatable bonds is 6. The van der Waals surface area contributed by atoms with E-state index in [2.05, 4.69) is 29.7 Å². The highest BCUT2D eigenvalue weighted by molar-refractivity contribution is 7.11. The van der Waals surface area contributed by atoms with Gasteiger partial charge in [0.25, 0.3) is 0 Å². The summed E-state index contributed by atoms with van der Waals surface area (Å²) in [6.07, 6.45) is 0.885. The van der Waals surface area contributed by atoms with Crippen LogP contribution in [0.1, 0.15) is 16.7 Å².